The fourth-order valence-electron chi connectivity index (χ4n) is 2.42. The Morgan fingerprint density at radius 1 is 1.10 bits per heavy atom. The van der Waals surface area contributed by atoms with Crippen LogP contribution in [0.3, 0.4) is 0 Å². The van der Waals surface area contributed by atoms with Gasteiger partial charge in [0.25, 0.3) is 5.91 Å². The maximum absolute atomic E-state index is 11.5. The minimum absolute atomic E-state index is 0.436. The summed E-state index contributed by atoms with van der Waals surface area (Å²) in [5, 5.41) is 13.2. The number of hydrogen-bond acceptors (Lipinski definition) is 4. The summed E-state index contributed by atoms with van der Waals surface area (Å²) < 4.78 is 4.59. The van der Waals surface area contributed by atoms with E-state index in [4.69, 9.17) is 5.11 Å². The van der Waals surface area contributed by atoms with Gasteiger partial charge in [0.1, 0.15) is 13.2 Å². The number of ether oxygens (including phenoxy) is 1. The molecule has 0 radical (unpaired) electrons. The summed E-state index contributed by atoms with van der Waals surface area (Å²) in [5.74, 6) is 0.214. The van der Waals surface area contributed by atoms with Gasteiger partial charge < -0.3 is 15.2 Å². The summed E-state index contributed by atoms with van der Waals surface area (Å²) in [7, 11) is 0. The quantitative estimate of drug-likeness (QED) is 0.596. The number of nitrogens with one attached hydrogen (secondary N) is 2. The largest absolute Gasteiger partial charge is 0.480 e. The van der Waals surface area contributed by atoms with Gasteiger partial charge in [0, 0.05) is 6.54 Å². The second-order valence-electron chi connectivity index (χ2n) is 5.48. The second kappa shape index (κ2) is 6.69. The van der Waals surface area contributed by atoms with Gasteiger partial charge in [-0.2, -0.15) is 0 Å². The third kappa shape index (κ3) is 5.16. The van der Waals surface area contributed by atoms with Crippen LogP contribution in [0.2, 0.25) is 0 Å². The first-order valence-corrected chi connectivity index (χ1v) is 6.93. The lowest BCUT2D eigenvalue weighted by Gasteiger charge is -2.16. The van der Waals surface area contributed by atoms with E-state index < -0.39 is 31.1 Å². The summed E-state index contributed by atoms with van der Waals surface area (Å²) in [6.45, 7) is -0.390. The molecule has 2 saturated carbocycles. The van der Waals surface area contributed by atoms with Gasteiger partial charge in [0.15, 0.2) is 0 Å². The molecule has 0 saturated heterocycles. The monoisotopic (exact) mass is 284 g/mol. The standard InChI is InChI=1S/C13H20N2O5/c16-11(6-20-7-12(17)18)15-13(19)14-5-10(8-1-2-8)9-3-4-9/h8-10H,1-7H2,(H,17,18)(H2,14,15,16,19). The lowest BCUT2D eigenvalue weighted by molar-refractivity contribution is -0.143. The van der Waals surface area contributed by atoms with Crippen LogP contribution in [0.5, 0.6) is 0 Å². The van der Waals surface area contributed by atoms with Crippen molar-refractivity contribution in [1.29, 1.82) is 0 Å². The number of urea groups is 1. The number of aliphatic carboxylic acids is 1. The lowest BCUT2D eigenvalue weighted by Crippen LogP contribution is -2.43. The fourth-order valence-corrected chi connectivity index (χ4v) is 2.42. The molecule has 0 bridgehead atoms. The molecule has 0 aromatic carbocycles. The zero-order valence-electron chi connectivity index (χ0n) is 11.3. The molecule has 20 heavy (non-hydrogen) atoms. The number of hydrogen-bond donors (Lipinski definition) is 3. The van der Waals surface area contributed by atoms with E-state index in [-0.39, 0.29) is 0 Å². The van der Waals surface area contributed by atoms with Crippen molar-refractivity contribution in [3.63, 3.8) is 0 Å². The molecule has 0 aromatic rings. The highest BCUT2D eigenvalue weighted by Gasteiger charge is 2.41. The molecule has 7 nitrogen and oxygen atoms in total. The van der Waals surface area contributed by atoms with Crippen LogP contribution >= 0.6 is 0 Å². The zero-order chi connectivity index (χ0) is 14.5. The molecular weight excluding hydrogens is 264 g/mol. The number of imide groups is 1. The van der Waals surface area contributed by atoms with Gasteiger partial charge in [-0.1, -0.05) is 0 Å². The molecule has 2 rings (SSSR count). The summed E-state index contributed by atoms with van der Waals surface area (Å²) in [4.78, 5) is 33.0. The average molecular weight is 284 g/mol. The van der Waals surface area contributed by atoms with E-state index >= 15 is 0 Å². The molecule has 0 heterocycles. The molecule has 7 heteroatoms. The number of carboxylic acids is 1. The Kier molecular flexibility index (Phi) is 4.94. The van der Waals surface area contributed by atoms with Crippen molar-refractivity contribution in [3.8, 4) is 0 Å². The van der Waals surface area contributed by atoms with Crippen LogP contribution in [0.4, 0.5) is 4.79 Å². The van der Waals surface area contributed by atoms with Gasteiger partial charge in [0.05, 0.1) is 0 Å². The molecule has 0 aromatic heterocycles. The molecule has 0 unspecified atom stereocenters. The normalized spacial score (nSPS) is 17.9. The van der Waals surface area contributed by atoms with Gasteiger partial charge >= 0.3 is 12.0 Å². The van der Waals surface area contributed by atoms with E-state index in [9.17, 15) is 14.4 Å². The smallest absolute Gasteiger partial charge is 0.329 e. The molecule has 3 amide bonds. The highest BCUT2D eigenvalue weighted by molar-refractivity contribution is 5.94. The Bertz CT molecular complexity index is 378. The van der Waals surface area contributed by atoms with Crippen molar-refractivity contribution in [2.75, 3.05) is 19.8 Å². The second-order valence-corrected chi connectivity index (χ2v) is 5.48. The van der Waals surface area contributed by atoms with Gasteiger partial charge in [0.2, 0.25) is 0 Å². The first-order chi connectivity index (χ1) is 9.56. The van der Waals surface area contributed by atoms with Crippen molar-refractivity contribution >= 4 is 17.9 Å². The highest BCUT2D eigenvalue weighted by Crippen LogP contribution is 2.48. The molecule has 0 spiro atoms. The van der Waals surface area contributed by atoms with Crippen molar-refractivity contribution in [2.45, 2.75) is 25.7 Å². The van der Waals surface area contributed by atoms with E-state index in [0.717, 1.165) is 11.8 Å². The van der Waals surface area contributed by atoms with Crippen LogP contribution in [0.25, 0.3) is 0 Å². The minimum atomic E-state index is -1.15. The number of carboxylic acid groups (broad SMARTS) is 1. The van der Waals surface area contributed by atoms with Crippen LogP contribution in [-0.2, 0) is 14.3 Å². The van der Waals surface area contributed by atoms with Gasteiger partial charge in [-0.15, -0.1) is 0 Å². The Morgan fingerprint density at radius 3 is 2.20 bits per heavy atom. The number of rotatable bonds is 8. The SMILES string of the molecule is O=C(O)COCC(=O)NC(=O)NCC(C1CC1)C1CC1. The molecule has 2 aliphatic carbocycles. The van der Waals surface area contributed by atoms with Crippen LogP contribution in [0.1, 0.15) is 25.7 Å². The molecule has 3 N–H and O–H groups in total. The van der Waals surface area contributed by atoms with E-state index in [0.29, 0.717) is 12.5 Å². The van der Waals surface area contributed by atoms with Crippen molar-refractivity contribution in [1.82, 2.24) is 10.6 Å². The van der Waals surface area contributed by atoms with E-state index in [1.807, 2.05) is 0 Å². The summed E-state index contributed by atoms with van der Waals surface area (Å²) in [6, 6.07) is -0.541. The van der Waals surface area contributed by atoms with Crippen molar-refractivity contribution < 1.29 is 24.2 Å². The van der Waals surface area contributed by atoms with Gasteiger partial charge in [-0.3, -0.25) is 10.1 Å². The molecule has 0 atom stereocenters. The molecule has 0 aliphatic heterocycles. The predicted octanol–water partition coefficient (Wildman–Crippen LogP) is 0.350. The van der Waals surface area contributed by atoms with Gasteiger partial charge in [-0.25, -0.2) is 9.59 Å². The van der Waals surface area contributed by atoms with E-state index in [2.05, 4.69) is 15.4 Å². The number of amides is 3. The maximum atomic E-state index is 11.5. The third-order valence-corrected chi connectivity index (χ3v) is 3.66. The Hall–Kier alpha value is -1.63. The number of carbonyl (C=O) groups is 3. The number of carbonyl (C=O) groups excluding carboxylic acids is 2. The summed E-state index contributed by atoms with van der Waals surface area (Å²) in [5.41, 5.74) is 0. The minimum Gasteiger partial charge on any atom is -0.480 e. The fraction of sp³-hybridized carbons (Fsp3) is 0.769. The Labute approximate surface area is 117 Å². The van der Waals surface area contributed by atoms with Crippen LogP contribution < -0.4 is 10.6 Å². The van der Waals surface area contributed by atoms with Crippen molar-refractivity contribution in [3.05, 3.63) is 0 Å². The Balaban J connectivity index is 1.59. The van der Waals surface area contributed by atoms with Crippen molar-refractivity contribution in [2.24, 2.45) is 17.8 Å². The molecular formula is C13H20N2O5. The topological polar surface area (TPSA) is 105 Å². The average Bonchev–Trinajstić information content (AvgIpc) is 3.23. The summed E-state index contributed by atoms with van der Waals surface area (Å²) in [6.07, 6.45) is 4.97. The zero-order valence-corrected chi connectivity index (χ0v) is 11.3. The first kappa shape index (κ1) is 14.8. The molecule has 2 aliphatic rings. The maximum Gasteiger partial charge on any atom is 0.329 e. The molecule has 2 fully saturated rings. The highest BCUT2D eigenvalue weighted by atomic mass is 16.5. The lowest BCUT2D eigenvalue weighted by atomic mass is 9.98. The first-order valence-electron chi connectivity index (χ1n) is 6.93. The van der Waals surface area contributed by atoms with Crippen LogP contribution in [0, 0.1) is 17.8 Å². The molecule has 112 valence electrons. The van der Waals surface area contributed by atoms with Crippen LogP contribution in [-0.4, -0.2) is 42.8 Å². The van der Waals surface area contributed by atoms with Gasteiger partial charge in [-0.05, 0) is 43.4 Å². The summed E-state index contributed by atoms with van der Waals surface area (Å²) >= 11 is 0. The van der Waals surface area contributed by atoms with Crippen LogP contribution in [0.15, 0.2) is 0 Å². The Morgan fingerprint density at radius 2 is 1.70 bits per heavy atom. The van der Waals surface area contributed by atoms with E-state index in [1.165, 1.54) is 25.7 Å². The van der Waals surface area contributed by atoms with E-state index in [1.54, 1.807) is 0 Å². The predicted molar refractivity (Wildman–Crippen MR) is 68.9 cm³/mol. The third-order valence-electron chi connectivity index (χ3n) is 3.66.